The number of benzene rings is 2. The molecule has 0 fully saturated rings. The maximum atomic E-state index is 6.38. The second kappa shape index (κ2) is 7.14. The number of H-pyrrole nitrogens is 1. The molecule has 0 radical (unpaired) electrons. The van der Waals surface area contributed by atoms with Crippen LogP contribution in [0.5, 0.6) is 0 Å². The third kappa shape index (κ3) is 3.36. The van der Waals surface area contributed by atoms with Crippen LogP contribution in [0.2, 0.25) is 15.1 Å². The summed E-state index contributed by atoms with van der Waals surface area (Å²) < 4.78 is 0. The van der Waals surface area contributed by atoms with Crippen LogP contribution in [0.25, 0.3) is 22.2 Å². The highest BCUT2D eigenvalue weighted by Crippen LogP contribution is 2.37. The van der Waals surface area contributed by atoms with Gasteiger partial charge in [-0.15, -0.1) is 0 Å². The van der Waals surface area contributed by atoms with E-state index >= 15 is 0 Å². The maximum Gasteiger partial charge on any atom is 0.0833 e. The van der Waals surface area contributed by atoms with Gasteiger partial charge in [-0.2, -0.15) is 0 Å². The Bertz CT molecular complexity index is 822. The summed E-state index contributed by atoms with van der Waals surface area (Å²) in [6.45, 7) is 0.700. The second-order valence-corrected chi connectivity index (χ2v) is 6.74. The quantitative estimate of drug-likeness (QED) is 0.527. The van der Waals surface area contributed by atoms with Crippen molar-refractivity contribution >= 4 is 45.7 Å². The minimum absolute atomic E-state index is 0.552. The SMILES string of the molecule is NCCCCc1c(-c2ccc(Cl)cc2)[nH]c2c(Cl)c(Cl)ccc12. The van der Waals surface area contributed by atoms with Crippen molar-refractivity contribution < 1.29 is 0 Å². The topological polar surface area (TPSA) is 41.8 Å². The zero-order valence-electron chi connectivity index (χ0n) is 12.5. The van der Waals surface area contributed by atoms with Crippen LogP contribution in [-0.4, -0.2) is 11.5 Å². The molecule has 0 aliphatic carbocycles. The molecule has 23 heavy (non-hydrogen) atoms. The van der Waals surface area contributed by atoms with E-state index in [1.807, 2.05) is 36.4 Å². The molecule has 0 amide bonds. The number of aromatic amines is 1. The van der Waals surface area contributed by atoms with Gasteiger partial charge in [0.25, 0.3) is 0 Å². The third-order valence-corrected chi connectivity index (χ3v) is 5.04. The van der Waals surface area contributed by atoms with Crippen molar-refractivity contribution in [2.24, 2.45) is 5.73 Å². The summed E-state index contributed by atoms with van der Waals surface area (Å²) in [5.41, 5.74) is 9.91. The summed E-state index contributed by atoms with van der Waals surface area (Å²) in [5.74, 6) is 0. The van der Waals surface area contributed by atoms with Gasteiger partial charge in [-0.1, -0.05) is 53.0 Å². The summed E-state index contributed by atoms with van der Waals surface area (Å²) in [6, 6.07) is 11.7. The summed E-state index contributed by atoms with van der Waals surface area (Å²) in [7, 11) is 0. The first kappa shape index (κ1) is 16.7. The molecule has 1 aromatic heterocycles. The fourth-order valence-corrected chi connectivity index (χ4v) is 3.32. The van der Waals surface area contributed by atoms with Crippen molar-refractivity contribution in [2.75, 3.05) is 6.54 Å². The number of rotatable bonds is 5. The molecule has 3 aromatic rings. The van der Waals surface area contributed by atoms with Gasteiger partial charge in [0.05, 0.1) is 15.6 Å². The Morgan fingerprint density at radius 2 is 1.65 bits per heavy atom. The Morgan fingerprint density at radius 3 is 2.35 bits per heavy atom. The lowest BCUT2D eigenvalue weighted by atomic mass is 10.0. The zero-order chi connectivity index (χ0) is 16.4. The van der Waals surface area contributed by atoms with Crippen LogP contribution in [0.4, 0.5) is 0 Å². The Kier molecular flexibility index (Phi) is 5.17. The molecule has 0 unspecified atom stereocenters. The molecule has 2 nitrogen and oxygen atoms in total. The molecule has 0 saturated carbocycles. The number of unbranched alkanes of at least 4 members (excludes halogenated alkanes) is 1. The lowest BCUT2D eigenvalue weighted by Crippen LogP contribution is -1.99. The fourth-order valence-electron chi connectivity index (χ4n) is 2.83. The van der Waals surface area contributed by atoms with E-state index in [0.717, 1.165) is 46.4 Å². The van der Waals surface area contributed by atoms with E-state index in [0.29, 0.717) is 16.6 Å². The van der Waals surface area contributed by atoms with E-state index in [2.05, 4.69) is 4.98 Å². The van der Waals surface area contributed by atoms with Crippen LogP contribution in [0.15, 0.2) is 36.4 Å². The van der Waals surface area contributed by atoms with Crippen molar-refractivity contribution in [3.8, 4) is 11.3 Å². The molecule has 120 valence electrons. The molecule has 0 atom stereocenters. The molecule has 2 aromatic carbocycles. The predicted molar refractivity (Wildman–Crippen MR) is 101 cm³/mol. The molecule has 3 rings (SSSR count). The van der Waals surface area contributed by atoms with Crippen molar-refractivity contribution in [1.82, 2.24) is 4.98 Å². The Balaban J connectivity index is 2.16. The normalized spacial score (nSPS) is 11.3. The van der Waals surface area contributed by atoms with Gasteiger partial charge in [0.2, 0.25) is 0 Å². The van der Waals surface area contributed by atoms with E-state index in [9.17, 15) is 0 Å². The molecule has 3 N–H and O–H groups in total. The monoisotopic (exact) mass is 366 g/mol. The Morgan fingerprint density at radius 1 is 0.913 bits per heavy atom. The average Bonchev–Trinajstić information content (AvgIpc) is 2.91. The van der Waals surface area contributed by atoms with Crippen LogP contribution >= 0.6 is 34.8 Å². The Hall–Kier alpha value is -1.19. The summed E-state index contributed by atoms with van der Waals surface area (Å²) in [4.78, 5) is 3.45. The van der Waals surface area contributed by atoms with Crippen LogP contribution in [0.1, 0.15) is 18.4 Å². The second-order valence-electron chi connectivity index (χ2n) is 5.52. The van der Waals surface area contributed by atoms with Gasteiger partial charge >= 0.3 is 0 Å². The Labute approximate surface area is 150 Å². The lowest BCUT2D eigenvalue weighted by molar-refractivity contribution is 0.748. The summed E-state index contributed by atoms with van der Waals surface area (Å²) in [5, 5.41) is 2.94. The largest absolute Gasteiger partial charge is 0.353 e. The van der Waals surface area contributed by atoms with Crippen molar-refractivity contribution in [1.29, 1.82) is 0 Å². The highest BCUT2D eigenvalue weighted by atomic mass is 35.5. The van der Waals surface area contributed by atoms with E-state index in [-0.39, 0.29) is 0 Å². The highest BCUT2D eigenvalue weighted by molar-refractivity contribution is 6.45. The molecule has 0 spiro atoms. The van der Waals surface area contributed by atoms with E-state index in [4.69, 9.17) is 40.5 Å². The molecule has 0 aliphatic rings. The third-order valence-electron chi connectivity index (χ3n) is 3.99. The van der Waals surface area contributed by atoms with Crippen LogP contribution in [0.3, 0.4) is 0 Å². The molecule has 0 bridgehead atoms. The summed E-state index contributed by atoms with van der Waals surface area (Å²) >= 11 is 18.5. The fraction of sp³-hybridized carbons (Fsp3) is 0.222. The first-order valence-electron chi connectivity index (χ1n) is 7.56. The number of aryl methyl sites for hydroxylation is 1. The van der Waals surface area contributed by atoms with Crippen molar-refractivity contribution in [2.45, 2.75) is 19.3 Å². The molecule has 5 heteroatoms. The molecule has 1 heterocycles. The standard InChI is InChI=1S/C18H17Cl3N2/c19-12-6-4-11(5-7-12)17-13(3-1-2-10-22)14-8-9-15(20)16(21)18(14)23-17/h4-9,23H,1-3,10,22H2. The average molecular weight is 368 g/mol. The minimum atomic E-state index is 0.552. The van der Waals surface area contributed by atoms with E-state index in [1.165, 1.54) is 5.56 Å². The number of hydrogen-bond acceptors (Lipinski definition) is 1. The molecular weight excluding hydrogens is 351 g/mol. The van der Waals surface area contributed by atoms with Gasteiger partial charge in [-0.3, -0.25) is 0 Å². The number of aromatic nitrogens is 1. The molecule has 0 saturated heterocycles. The minimum Gasteiger partial charge on any atom is -0.353 e. The summed E-state index contributed by atoms with van der Waals surface area (Å²) in [6.07, 6.45) is 2.96. The van der Waals surface area contributed by atoms with E-state index < -0.39 is 0 Å². The molecular formula is C18H17Cl3N2. The van der Waals surface area contributed by atoms with Crippen LogP contribution in [-0.2, 0) is 6.42 Å². The van der Waals surface area contributed by atoms with Gasteiger partial charge in [-0.25, -0.2) is 0 Å². The molecule has 0 aliphatic heterocycles. The van der Waals surface area contributed by atoms with E-state index in [1.54, 1.807) is 0 Å². The number of nitrogens with one attached hydrogen (secondary N) is 1. The number of nitrogens with two attached hydrogens (primary N) is 1. The zero-order valence-corrected chi connectivity index (χ0v) is 14.8. The first-order chi connectivity index (χ1) is 11.1. The smallest absolute Gasteiger partial charge is 0.0833 e. The maximum absolute atomic E-state index is 6.38. The van der Waals surface area contributed by atoms with Gasteiger partial charge in [-0.05, 0) is 55.1 Å². The van der Waals surface area contributed by atoms with Gasteiger partial charge in [0.15, 0.2) is 0 Å². The van der Waals surface area contributed by atoms with Crippen LogP contribution < -0.4 is 5.73 Å². The van der Waals surface area contributed by atoms with Gasteiger partial charge in [0.1, 0.15) is 0 Å². The predicted octanol–water partition coefficient (Wildman–Crippen LogP) is 6.08. The first-order valence-corrected chi connectivity index (χ1v) is 8.69. The lowest BCUT2D eigenvalue weighted by Gasteiger charge is -2.05. The van der Waals surface area contributed by atoms with Crippen molar-refractivity contribution in [3.63, 3.8) is 0 Å². The van der Waals surface area contributed by atoms with Gasteiger partial charge < -0.3 is 10.7 Å². The highest BCUT2D eigenvalue weighted by Gasteiger charge is 2.16. The number of hydrogen-bond donors (Lipinski definition) is 2. The number of halogens is 3. The van der Waals surface area contributed by atoms with Crippen LogP contribution in [0, 0.1) is 0 Å². The van der Waals surface area contributed by atoms with Gasteiger partial charge in [0, 0.05) is 16.1 Å². The van der Waals surface area contributed by atoms with Crippen molar-refractivity contribution in [3.05, 3.63) is 57.0 Å². The number of fused-ring (bicyclic) bond motifs is 1.